The lowest BCUT2D eigenvalue weighted by atomic mass is 10.3. The first kappa shape index (κ1) is 21.2. The number of hydrogen-bond acceptors (Lipinski definition) is 3. The van der Waals surface area contributed by atoms with Crippen LogP contribution in [0, 0.1) is 0 Å². The summed E-state index contributed by atoms with van der Waals surface area (Å²) in [5.41, 5.74) is 2.16. The van der Waals surface area contributed by atoms with Crippen molar-refractivity contribution in [3.8, 4) is 0 Å². The average molecular weight is 458 g/mol. The number of nitrogens with zero attached hydrogens (tertiary/aromatic N) is 4. The number of rotatable bonds is 7. The van der Waals surface area contributed by atoms with Gasteiger partial charge in [-0.2, -0.15) is 0 Å². The third kappa shape index (κ3) is 6.52. The Morgan fingerprint density at radius 3 is 2.76 bits per heavy atom. The Hall–Kier alpha value is -1.84. The fraction of sp³-hybridized carbons (Fsp3) is 0.471. The van der Waals surface area contributed by atoms with E-state index in [4.69, 9.17) is 0 Å². The molecule has 7 nitrogen and oxygen atoms in total. The smallest absolute Gasteiger partial charge is 0.243 e. The molecular weight excluding hydrogens is 431 g/mol. The Morgan fingerprint density at radius 2 is 2.04 bits per heavy atom. The number of para-hydroxylation sites is 2. The zero-order valence-corrected chi connectivity index (χ0v) is 17.4. The standard InChI is InChI=1S/C17H26N6O.HI/c1-4-18-17(20-12-16(24)22(2)3)19-10-7-11-23-13-21-14-8-5-6-9-15(14)23;/h5-6,8-9,13H,4,7,10-12H2,1-3H3,(H2,18,19,20);1H. The van der Waals surface area contributed by atoms with Crippen molar-refractivity contribution in [1.82, 2.24) is 25.1 Å². The molecular formula is C17H27IN6O. The van der Waals surface area contributed by atoms with E-state index < -0.39 is 0 Å². The topological polar surface area (TPSA) is 74.6 Å². The molecule has 2 N–H and O–H groups in total. The van der Waals surface area contributed by atoms with Crippen LogP contribution in [0.2, 0.25) is 0 Å². The van der Waals surface area contributed by atoms with Gasteiger partial charge in [-0.3, -0.25) is 4.79 Å². The van der Waals surface area contributed by atoms with Gasteiger partial charge in [0.15, 0.2) is 5.96 Å². The highest BCUT2D eigenvalue weighted by Crippen LogP contribution is 2.11. The molecule has 1 heterocycles. The number of imidazole rings is 1. The second-order valence-corrected chi connectivity index (χ2v) is 5.69. The van der Waals surface area contributed by atoms with Crippen LogP contribution in [0.5, 0.6) is 0 Å². The molecule has 0 aliphatic rings. The van der Waals surface area contributed by atoms with Crippen LogP contribution in [-0.2, 0) is 11.3 Å². The Kier molecular flexibility index (Phi) is 9.25. The number of carbonyl (C=O) groups is 1. The van der Waals surface area contributed by atoms with Gasteiger partial charge in [-0.05, 0) is 25.5 Å². The summed E-state index contributed by atoms with van der Waals surface area (Å²) in [7, 11) is 3.46. The third-order valence-electron chi connectivity index (χ3n) is 3.61. The van der Waals surface area contributed by atoms with Gasteiger partial charge in [0.05, 0.1) is 17.4 Å². The minimum absolute atomic E-state index is 0. The van der Waals surface area contributed by atoms with E-state index in [1.165, 1.54) is 4.90 Å². The molecule has 0 radical (unpaired) electrons. The number of amides is 1. The normalized spacial score (nSPS) is 11.1. The number of carbonyl (C=O) groups excluding carboxylic acids is 1. The predicted molar refractivity (Wildman–Crippen MR) is 112 cm³/mol. The predicted octanol–water partition coefficient (Wildman–Crippen LogP) is 1.69. The van der Waals surface area contributed by atoms with Crippen molar-refractivity contribution in [2.45, 2.75) is 19.9 Å². The van der Waals surface area contributed by atoms with Crippen LogP contribution >= 0.6 is 24.0 Å². The van der Waals surface area contributed by atoms with Crippen molar-refractivity contribution in [2.24, 2.45) is 4.99 Å². The molecule has 2 aromatic rings. The van der Waals surface area contributed by atoms with Crippen molar-refractivity contribution < 1.29 is 4.79 Å². The summed E-state index contributed by atoms with van der Waals surface area (Å²) >= 11 is 0. The van der Waals surface area contributed by atoms with Crippen LogP contribution in [0.1, 0.15) is 13.3 Å². The first-order valence-corrected chi connectivity index (χ1v) is 8.24. The summed E-state index contributed by atoms with van der Waals surface area (Å²) in [6.45, 7) is 4.56. The molecule has 0 saturated carbocycles. The van der Waals surface area contributed by atoms with Crippen molar-refractivity contribution >= 4 is 46.9 Å². The second-order valence-electron chi connectivity index (χ2n) is 5.69. The quantitative estimate of drug-likeness (QED) is 0.287. The van der Waals surface area contributed by atoms with Gasteiger partial charge in [0.1, 0.15) is 6.54 Å². The van der Waals surface area contributed by atoms with Gasteiger partial charge < -0.3 is 20.1 Å². The van der Waals surface area contributed by atoms with Crippen molar-refractivity contribution in [2.75, 3.05) is 33.7 Å². The number of hydrogen-bond donors (Lipinski definition) is 2. The molecule has 1 aromatic carbocycles. The zero-order valence-electron chi connectivity index (χ0n) is 15.0. The molecule has 25 heavy (non-hydrogen) atoms. The summed E-state index contributed by atoms with van der Waals surface area (Å²) in [6.07, 6.45) is 2.81. The maximum Gasteiger partial charge on any atom is 0.243 e. The summed E-state index contributed by atoms with van der Waals surface area (Å²) < 4.78 is 2.15. The van der Waals surface area contributed by atoms with E-state index >= 15 is 0 Å². The molecule has 8 heteroatoms. The van der Waals surface area contributed by atoms with Crippen molar-refractivity contribution in [3.05, 3.63) is 30.6 Å². The van der Waals surface area contributed by atoms with Crippen molar-refractivity contribution in [1.29, 1.82) is 0 Å². The highest BCUT2D eigenvalue weighted by Gasteiger charge is 2.04. The molecule has 1 aromatic heterocycles. The van der Waals surface area contributed by atoms with E-state index in [0.29, 0.717) is 5.96 Å². The fourth-order valence-corrected chi connectivity index (χ4v) is 2.27. The van der Waals surface area contributed by atoms with Crippen LogP contribution in [0.3, 0.4) is 0 Å². The average Bonchev–Trinajstić information content (AvgIpc) is 2.99. The summed E-state index contributed by atoms with van der Waals surface area (Å²) in [6, 6.07) is 8.11. The number of fused-ring (bicyclic) bond motifs is 1. The monoisotopic (exact) mass is 458 g/mol. The van der Waals surface area contributed by atoms with Crippen LogP contribution in [-0.4, -0.2) is 60.0 Å². The SMILES string of the molecule is CCNC(=NCC(=O)N(C)C)NCCCn1cnc2ccccc21.I. The maximum absolute atomic E-state index is 11.6. The highest BCUT2D eigenvalue weighted by molar-refractivity contribution is 14.0. The van der Waals surface area contributed by atoms with E-state index in [9.17, 15) is 4.79 Å². The molecule has 0 aliphatic carbocycles. The Morgan fingerprint density at radius 1 is 1.28 bits per heavy atom. The highest BCUT2D eigenvalue weighted by atomic mass is 127. The van der Waals surface area contributed by atoms with E-state index in [1.807, 2.05) is 31.5 Å². The Labute approximate surface area is 165 Å². The fourth-order valence-electron chi connectivity index (χ4n) is 2.27. The Bertz CT molecular complexity index is 697. The molecule has 138 valence electrons. The molecule has 0 saturated heterocycles. The summed E-state index contributed by atoms with van der Waals surface area (Å²) in [5.74, 6) is 0.653. The van der Waals surface area contributed by atoms with E-state index in [2.05, 4.69) is 31.2 Å². The summed E-state index contributed by atoms with van der Waals surface area (Å²) in [5, 5.41) is 6.41. The van der Waals surface area contributed by atoms with Crippen LogP contribution in [0.4, 0.5) is 0 Å². The van der Waals surface area contributed by atoms with E-state index in [-0.39, 0.29) is 36.4 Å². The van der Waals surface area contributed by atoms with Gasteiger partial charge >= 0.3 is 0 Å². The van der Waals surface area contributed by atoms with Crippen molar-refractivity contribution in [3.63, 3.8) is 0 Å². The Balaban J connectivity index is 0.00000312. The molecule has 0 spiro atoms. The second kappa shape index (κ2) is 10.9. The number of halogens is 1. The third-order valence-corrected chi connectivity index (χ3v) is 3.61. The summed E-state index contributed by atoms with van der Waals surface area (Å²) in [4.78, 5) is 21.8. The minimum atomic E-state index is -0.0166. The molecule has 0 atom stereocenters. The molecule has 0 bridgehead atoms. The minimum Gasteiger partial charge on any atom is -0.357 e. The van der Waals surface area contributed by atoms with Gasteiger partial charge in [0.25, 0.3) is 0 Å². The molecule has 2 rings (SSSR count). The lowest BCUT2D eigenvalue weighted by Gasteiger charge is -2.13. The lowest BCUT2D eigenvalue weighted by molar-refractivity contribution is -0.127. The van der Waals surface area contributed by atoms with Crippen LogP contribution in [0.25, 0.3) is 11.0 Å². The molecule has 1 amide bonds. The first-order valence-electron chi connectivity index (χ1n) is 8.24. The zero-order chi connectivity index (χ0) is 17.4. The lowest BCUT2D eigenvalue weighted by Crippen LogP contribution is -2.39. The molecule has 0 unspecified atom stereocenters. The van der Waals surface area contributed by atoms with Gasteiger partial charge in [-0.15, -0.1) is 24.0 Å². The van der Waals surface area contributed by atoms with Gasteiger partial charge in [0, 0.05) is 33.7 Å². The number of aliphatic imine (C=N–C) groups is 1. The van der Waals surface area contributed by atoms with E-state index in [0.717, 1.165) is 37.1 Å². The van der Waals surface area contributed by atoms with Gasteiger partial charge in [0.2, 0.25) is 5.91 Å². The number of benzene rings is 1. The largest absolute Gasteiger partial charge is 0.357 e. The number of nitrogens with one attached hydrogen (secondary N) is 2. The molecule has 0 fully saturated rings. The van der Waals surface area contributed by atoms with Crippen LogP contribution in [0.15, 0.2) is 35.6 Å². The van der Waals surface area contributed by atoms with Gasteiger partial charge in [-0.1, -0.05) is 12.1 Å². The maximum atomic E-state index is 11.6. The number of likely N-dealkylation sites (N-methyl/N-ethyl adjacent to an activating group) is 1. The number of aromatic nitrogens is 2. The van der Waals surface area contributed by atoms with Gasteiger partial charge in [-0.25, -0.2) is 9.98 Å². The molecule has 0 aliphatic heterocycles. The number of aryl methyl sites for hydroxylation is 1. The first-order chi connectivity index (χ1) is 11.6. The number of guanidine groups is 1. The van der Waals surface area contributed by atoms with Crippen LogP contribution < -0.4 is 10.6 Å². The van der Waals surface area contributed by atoms with E-state index in [1.54, 1.807) is 14.1 Å².